The molecule has 0 aromatic heterocycles. The largest absolute Gasteiger partial charge is 0.381 e. The van der Waals surface area contributed by atoms with Gasteiger partial charge in [0, 0.05) is 22.8 Å². The molecule has 4 heteroatoms. The van der Waals surface area contributed by atoms with Crippen molar-refractivity contribution in [3.05, 3.63) is 27.6 Å². The van der Waals surface area contributed by atoms with E-state index in [9.17, 15) is 4.39 Å². The fourth-order valence-electron chi connectivity index (χ4n) is 1.67. The van der Waals surface area contributed by atoms with Crippen molar-refractivity contribution in [2.24, 2.45) is 0 Å². The molecule has 1 saturated heterocycles. The normalized spacial score (nSPS) is 17.7. The summed E-state index contributed by atoms with van der Waals surface area (Å²) in [6.45, 7) is 1.54. The standard InChI is InChI=1S/C11H13FINO/c12-10-7-8(13)1-2-11(10)14-9-3-5-15-6-4-9/h1-2,7,9,14H,3-6H2. The van der Waals surface area contributed by atoms with Gasteiger partial charge in [0.2, 0.25) is 0 Å². The van der Waals surface area contributed by atoms with E-state index >= 15 is 0 Å². The Balaban J connectivity index is 2.03. The summed E-state index contributed by atoms with van der Waals surface area (Å²) in [7, 11) is 0. The highest BCUT2D eigenvalue weighted by molar-refractivity contribution is 14.1. The van der Waals surface area contributed by atoms with E-state index in [1.165, 1.54) is 0 Å². The van der Waals surface area contributed by atoms with Crippen molar-refractivity contribution in [2.45, 2.75) is 18.9 Å². The fourth-order valence-corrected chi connectivity index (χ4v) is 2.12. The van der Waals surface area contributed by atoms with Crippen LogP contribution in [0.1, 0.15) is 12.8 Å². The van der Waals surface area contributed by atoms with E-state index in [4.69, 9.17) is 4.74 Å². The zero-order valence-corrected chi connectivity index (χ0v) is 10.5. The number of halogens is 2. The fraction of sp³-hybridized carbons (Fsp3) is 0.455. The van der Waals surface area contributed by atoms with Crippen LogP contribution in [0.5, 0.6) is 0 Å². The summed E-state index contributed by atoms with van der Waals surface area (Å²) in [5, 5.41) is 3.22. The van der Waals surface area contributed by atoms with Gasteiger partial charge >= 0.3 is 0 Å². The Morgan fingerprint density at radius 2 is 2.07 bits per heavy atom. The van der Waals surface area contributed by atoms with Gasteiger partial charge in [-0.2, -0.15) is 0 Å². The molecule has 0 atom stereocenters. The van der Waals surface area contributed by atoms with Crippen LogP contribution in [0.15, 0.2) is 18.2 Å². The van der Waals surface area contributed by atoms with Crippen molar-refractivity contribution in [1.82, 2.24) is 0 Å². The number of nitrogens with one attached hydrogen (secondary N) is 1. The molecule has 1 aromatic carbocycles. The van der Waals surface area contributed by atoms with Crippen LogP contribution < -0.4 is 5.32 Å². The average molecular weight is 321 g/mol. The van der Waals surface area contributed by atoms with Gasteiger partial charge in [-0.1, -0.05) is 0 Å². The minimum Gasteiger partial charge on any atom is -0.381 e. The summed E-state index contributed by atoms with van der Waals surface area (Å²) in [4.78, 5) is 0. The third kappa shape index (κ3) is 3.04. The lowest BCUT2D eigenvalue weighted by molar-refractivity contribution is 0.0904. The minimum atomic E-state index is -0.173. The van der Waals surface area contributed by atoms with Crippen LogP contribution in [0.2, 0.25) is 0 Å². The topological polar surface area (TPSA) is 21.3 Å². The second kappa shape index (κ2) is 5.12. The summed E-state index contributed by atoms with van der Waals surface area (Å²) in [6.07, 6.45) is 1.90. The van der Waals surface area contributed by atoms with E-state index in [0.717, 1.165) is 29.6 Å². The van der Waals surface area contributed by atoms with Crippen LogP contribution in [0.4, 0.5) is 10.1 Å². The lowest BCUT2D eigenvalue weighted by Gasteiger charge is -2.24. The molecular formula is C11H13FINO. The number of hydrogen-bond acceptors (Lipinski definition) is 2. The first-order chi connectivity index (χ1) is 7.25. The molecule has 1 aliphatic heterocycles. The predicted octanol–water partition coefficient (Wildman–Crippen LogP) is 3.02. The maximum Gasteiger partial charge on any atom is 0.147 e. The van der Waals surface area contributed by atoms with Gasteiger partial charge in [0.05, 0.1) is 5.69 Å². The first-order valence-electron chi connectivity index (χ1n) is 5.05. The number of ether oxygens (including phenoxy) is 1. The molecule has 82 valence electrons. The highest BCUT2D eigenvalue weighted by Crippen LogP contribution is 2.20. The molecule has 0 spiro atoms. The summed E-state index contributed by atoms with van der Waals surface area (Å²) >= 11 is 2.11. The summed E-state index contributed by atoms with van der Waals surface area (Å²) in [6, 6.07) is 5.59. The molecule has 0 radical (unpaired) electrons. The molecule has 0 amide bonds. The van der Waals surface area contributed by atoms with Crippen LogP contribution in [0.3, 0.4) is 0 Å². The number of rotatable bonds is 2. The molecule has 1 aliphatic rings. The second-order valence-corrected chi connectivity index (χ2v) is 4.90. The van der Waals surface area contributed by atoms with E-state index in [-0.39, 0.29) is 5.82 Å². The Labute approximate surface area is 102 Å². The third-order valence-corrected chi connectivity index (χ3v) is 3.18. The molecule has 1 N–H and O–H groups in total. The van der Waals surface area contributed by atoms with Crippen molar-refractivity contribution in [3.63, 3.8) is 0 Å². The zero-order chi connectivity index (χ0) is 10.7. The molecule has 0 unspecified atom stereocenters. The van der Waals surface area contributed by atoms with Crippen LogP contribution in [0, 0.1) is 9.39 Å². The number of hydrogen-bond donors (Lipinski definition) is 1. The molecule has 0 saturated carbocycles. The first-order valence-corrected chi connectivity index (χ1v) is 6.13. The van der Waals surface area contributed by atoms with Crippen LogP contribution in [-0.2, 0) is 4.74 Å². The van der Waals surface area contributed by atoms with Crippen molar-refractivity contribution in [2.75, 3.05) is 18.5 Å². The Morgan fingerprint density at radius 3 is 2.73 bits per heavy atom. The SMILES string of the molecule is Fc1cc(I)ccc1NC1CCOCC1. The number of anilines is 1. The van der Waals surface area contributed by atoms with Crippen molar-refractivity contribution in [3.8, 4) is 0 Å². The summed E-state index contributed by atoms with van der Waals surface area (Å²) in [5.41, 5.74) is 0.599. The van der Waals surface area contributed by atoms with E-state index in [1.54, 1.807) is 12.1 Å². The lowest BCUT2D eigenvalue weighted by Crippen LogP contribution is -2.28. The molecule has 1 heterocycles. The Hall–Kier alpha value is -0.360. The minimum absolute atomic E-state index is 0.173. The molecular weight excluding hydrogens is 308 g/mol. The van der Waals surface area contributed by atoms with Gasteiger partial charge in [-0.3, -0.25) is 0 Å². The van der Waals surface area contributed by atoms with Gasteiger partial charge in [-0.15, -0.1) is 0 Å². The Morgan fingerprint density at radius 1 is 1.33 bits per heavy atom. The molecule has 1 fully saturated rings. The summed E-state index contributed by atoms with van der Waals surface area (Å²) < 4.78 is 19.7. The van der Waals surface area contributed by atoms with Crippen LogP contribution >= 0.6 is 22.6 Å². The molecule has 0 bridgehead atoms. The van der Waals surface area contributed by atoms with E-state index in [0.29, 0.717) is 11.7 Å². The van der Waals surface area contributed by atoms with Gasteiger partial charge in [0.25, 0.3) is 0 Å². The first kappa shape index (κ1) is 11.1. The average Bonchev–Trinajstić information content (AvgIpc) is 2.24. The number of benzene rings is 1. The predicted molar refractivity (Wildman–Crippen MR) is 66.6 cm³/mol. The molecule has 1 aromatic rings. The Kier molecular flexibility index (Phi) is 3.80. The maximum atomic E-state index is 13.5. The van der Waals surface area contributed by atoms with Crippen LogP contribution in [0.25, 0.3) is 0 Å². The Bertz CT molecular complexity index is 339. The van der Waals surface area contributed by atoms with Gasteiger partial charge in [0.15, 0.2) is 0 Å². The van der Waals surface area contributed by atoms with E-state index in [1.807, 2.05) is 6.07 Å². The lowest BCUT2D eigenvalue weighted by atomic mass is 10.1. The van der Waals surface area contributed by atoms with Gasteiger partial charge in [-0.05, 0) is 53.6 Å². The van der Waals surface area contributed by atoms with Gasteiger partial charge in [0.1, 0.15) is 5.82 Å². The highest BCUT2D eigenvalue weighted by atomic mass is 127. The smallest absolute Gasteiger partial charge is 0.147 e. The zero-order valence-electron chi connectivity index (χ0n) is 8.30. The molecule has 0 aliphatic carbocycles. The van der Waals surface area contributed by atoms with Gasteiger partial charge in [-0.25, -0.2) is 4.39 Å². The van der Waals surface area contributed by atoms with Gasteiger partial charge < -0.3 is 10.1 Å². The van der Waals surface area contributed by atoms with Crippen molar-refractivity contribution in [1.29, 1.82) is 0 Å². The second-order valence-electron chi connectivity index (χ2n) is 3.66. The quantitative estimate of drug-likeness (QED) is 0.846. The third-order valence-electron chi connectivity index (χ3n) is 2.51. The molecule has 2 nitrogen and oxygen atoms in total. The van der Waals surface area contributed by atoms with E-state index < -0.39 is 0 Å². The van der Waals surface area contributed by atoms with Crippen molar-refractivity contribution < 1.29 is 9.13 Å². The van der Waals surface area contributed by atoms with E-state index in [2.05, 4.69) is 27.9 Å². The molecule has 2 rings (SSSR count). The van der Waals surface area contributed by atoms with Crippen molar-refractivity contribution >= 4 is 28.3 Å². The summed E-state index contributed by atoms with van der Waals surface area (Å²) in [5.74, 6) is -0.173. The highest BCUT2D eigenvalue weighted by Gasteiger charge is 2.14. The molecule has 15 heavy (non-hydrogen) atoms. The monoisotopic (exact) mass is 321 g/mol. The van der Waals surface area contributed by atoms with Crippen LogP contribution in [-0.4, -0.2) is 19.3 Å². The maximum absolute atomic E-state index is 13.5.